The Morgan fingerprint density at radius 1 is 0.780 bits per heavy atom. The third kappa shape index (κ3) is 6.56. The summed E-state index contributed by atoms with van der Waals surface area (Å²) in [6, 6.07) is 34.9. The summed E-state index contributed by atoms with van der Waals surface area (Å²) >= 11 is 0. The van der Waals surface area contributed by atoms with Crippen molar-refractivity contribution in [3.63, 3.8) is 0 Å². The van der Waals surface area contributed by atoms with E-state index in [1.165, 1.54) is 33.5 Å². The molecule has 0 radical (unpaired) electrons. The third-order valence-corrected chi connectivity index (χ3v) is 9.46. The minimum absolute atomic E-state index is 0. The Morgan fingerprint density at radius 3 is 2.26 bits per heavy atom. The molecule has 0 N–H and O–H groups in total. The van der Waals surface area contributed by atoms with E-state index in [-0.39, 0.29) is 27.0 Å². The van der Waals surface area contributed by atoms with E-state index in [0.717, 1.165) is 57.4 Å². The molecule has 0 unspecified atom stereocenters. The van der Waals surface area contributed by atoms with Gasteiger partial charge in [-0.1, -0.05) is 76.5 Å². The summed E-state index contributed by atoms with van der Waals surface area (Å²) in [5.41, 5.74) is 12.5. The van der Waals surface area contributed by atoms with Crippen molar-refractivity contribution in [2.75, 3.05) is 0 Å². The van der Waals surface area contributed by atoms with E-state index in [1.54, 1.807) is 0 Å². The monoisotopic (exact) mass is 839 g/mol. The van der Waals surface area contributed by atoms with Crippen LogP contribution in [0.1, 0.15) is 74.2 Å². The quantitative estimate of drug-likeness (QED) is 0.136. The molecule has 256 valence electrons. The molecule has 0 saturated carbocycles. The fourth-order valence-corrected chi connectivity index (χ4v) is 7.03. The van der Waals surface area contributed by atoms with Gasteiger partial charge in [-0.25, -0.2) is 4.98 Å². The molecule has 0 fully saturated rings. The number of ether oxygens (including phenoxy) is 1. The zero-order valence-electron chi connectivity index (χ0n) is 30.2. The number of hydrogen-bond acceptors (Lipinski definition) is 3. The van der Waals surface area contributed by atoms with Crippen molar-refractivity contribution in [1.82, 2.24) is 19.3 Å². The van der Waals surface area contributed by atoms with Crippen molar-refractivity contribution < 1.29 is 25.8 Å². The van der Waals surface area contributed by atoms with E-state index in [0.29, 0.717) is 17.4 Å². The molecule has 0 saturated heterocycles. The number of aryl methyl sites for hydroxylation is 4. The van der Waals surface area contributed by atoms with Crippen LogP contribution < -0.4 is 4.74 Å². The summed E-state index contributed by atoms with van der Waals surface area (Å²) in [6.07, 6.45) is 3.72. The molecule has 3 aromatic heterocycles. The molecule has 0 aliphatic carbocycles. The van der Waals surface area contributed by atoms with Gasteiger partial charge in [-0.2, -0.15) is 11.2 Å². The molecule has 50 heavy (non-hydrogen) atoms. The average molecular weight is 840 g/mol. The Bertz CT molecular complexity index is 2310. The Balaban J connectivity index is 0.00000432. The molecule has 4 aromatic carbocycles. The summed E-state index contributed by atoms with van der Waals surface area (Å²) in [5, 5.41) is 7.44. The largest absolute Gasteiger partial charge is 2.00 e. The molecule has 5 nitrogen and oxygen atoms in total. The molecule has 0 aliphatic heterocycles. The maximum absolute atomic E-state index is 6.67. The van der Waals surface area contributed by atoms with Crippen molar-refractivity contribution in [3.8, 4) is 34.1 Å². The van der Waals surface area contributed by atoms with Gasteiger partial charge in [-0.15, -0.1) is 41.3 Å². The number of aromatic nitrogens is 4. The SMILES string of the molecule is CCc1ccnc(-n2c3[c-]c(Oc4[c-]c(-n5nc(C)c(-c6c(C)cccc6C)c5CC(C)C)cc(C(C)C)c4)ccc3c3ccccc32)c1.[Pt+2]. The second kappa shape index (κ2) is 14.4. The number of benzene rings is 4. The van der Waals surface area contributed by atoms with Crippen LogP contribution in [0.2, 0.25) is 0 Å². The minimum atomic E-state index is 0. The van der Waals surface area contributed by atoms with E-state index in [9.17, 15) is 0 Å². The minimum Gasteiger partial charge on any atom is -0.509 e. The smallest absolute Gasteiger partial charge is 0.509 e. The van der Waals surface area contributed by atoms with Gasteiger partial charge >= 0.3 is 21.1 Å². The maximum Gasteiger partial charge on any atom is 2.00 e. The number of pyridine rings is 1. The summed E-state index contributed by atoms with van der Waals surface area (Å²) in [7, 11) is 0. The molecule has 0 spiro atoms. The maximum atomic E-state index is 6.67. The van der Waals surface area contributed by atoms with Gasteiger partial charge in [0.1, 0.15) is 5.82 Å². The van der Waals surface area contributed by atoms with Crippen LogP contribution in [0.3, 0.4) is 0 Å². The van der Waals surface area contributed by atoms with E-state index in [4.69, 9.17) is 14.8 Å². The van der Waals surface area contributed by atoms with Gasteiger partial charge in [-0.05, 0) is 97.0 Å². The fraction of sp³-hybridized carbons (Fsp3) is 0.273. The van der Waals surface area contributed by atoms with Crippen molar-refractivity contribution >= 4 is 21.8 Å². The Kier molecular flexibility index (Phi) is 10.2. The Labute approximate surface area is 310 Å². The molecule has 0 atom stereocenters. The van der Waals surface area contributed by atoms with Gasteiger partial charge in [0, 0.05) is 28.8 Å². The molecule has 0 amide bonds. The first-order valence-corrected chi connectivity index (χ1v) is 17.4. The van der Waals surface area contributed by atoms with Crippen LogP contribution in [0.15, 0.2) is 85.1 Å². The summed E-state index contributed by atoms with van der Waals surface area (Å²) in [6.45, 7) is 17.6. The first kappa shape index (κ1) is 35.4. The van der Waals surface area contributed by atoms with Crippen LogP contribution in [0.4, 0.5) is 0 Å². The summed E-state index contributed by atoms with van der Waals surface area (Å²) < 4.78 is 11.0. The van der Waals surface area contributed by atoms with E-state index < -0.39 is 0 Å². The van der Waals surface area contributed by atoms with Gasteiger partial charge in [0.05, 0.1) is 11.4 Å². The van der Waals surface area contributed by atoms with E-state index >= 15 is 0 Å². The topological polar surface area (TPSA) is 44.9 Å². The zero-order valence-corrected chi connectivity index (χ0v) is 32.4. The van der Waals surface area contributed by atoms with Crippen molar-refractivity contribution in [2.24, 2.45) is 5.92 Å². The van der Waals surface area contributed by atoms with Gasteiger partial charge < -0.3 is 9.30 Å². The Hall–Kier alpha value is -4.47. The van der Waals surface area contributed by atoms with Crippen LogP contribution in [-0.2, 0) is 33.9 Å². The molecule has 6 heteroatoms. The predicted molar refractivity (Wildman–Crippen MR) is 202 cm³/mol. The second-order valence-electron chi connectivity index (χ2n) is 13.9. The molecule has 3 heterocycles. The van der Waals surface area contributed by atoms with Gasteiger partial charge in [0.2, 0.25) is 0 Å². The summed E-state index contributed by atoms with van der Waals surface area (Å²) in [5.74, 6) is 2.87. The van der Waals surface area contributed by atoms with Crippen molar-refractivity contribution in [3.05, 3.63) is 131 Å². The number of nitrogens with zero attached hydrogens (tertiary/aromatic N) is 4. The van der Waals surface area contributed by atoms with Crippen LogP contribution in [0.25, 0.3) is 44.4 Å². The Morgan fingerprint density at radius 2 is 1.54 bits per heavy atom. The number of rotatable bonds is 9. The molecular weight excluding hydrogens is 796 g/mol. The summed E-state index contributed by atoms with van der Waals surface area (Å²) in [4.78, 5) is 4.78. The number of fused-ring (bicyclic) bond motifs is 3. The molecule has 7 rings (SSSR count). The van der Waals surface area contributed by atoms with Crippen LogP contribution in [0.5, 0.6) is 11.5 Å². The number of para-hydroxylation sites is 1. The van der Waals surface area contributed by atoms with Gasteiger partial charge in [0.25, 0.3) is 0 Å². The zero-order chi connectivity index (χ0) is 34.4. The first-order valence-electron chi connectivity index (χ1n) is 17.4. The molecule has 0 aliphatic rings. The van der Waals surface area contributed by atoms with Crippen LogP contribution in [0, 0.1) is 38.8 Å². The molecule has 7 aromatic rings. The average Bonchev–Trinajstić information content (AvgIpc) is 3.58. The second-order valence-corrected chi connectivity index (χ2v) is 13.9. The van der Waals surface area contributed by atoms with Gasteiger partial charge in [-0.3, -0.25) is 4.68 Å². The first-order chi connectivity index (χ1) is 23.6. The normalized spacial score (nSPS) is 11.6. The third-order valence-electron chi connectivity index (χ3n) is 9.46. The van der Waals surface area contributed by atoms with Crippen molar-refractivity contribution in [1.29, 1.82) is 0 Å². The molecule has 0 bridgehead atoms. The predicted octanol–water partition coefficient (Wildman–Crippen LogP) is 11.2. The van der Waals surface area contributed by atoms with Crippen LogP contribution in [-0.4, -0.2) is 19.3 Å². The van der Waals surface area contributed by atoms with Crippen molar-refractivity contribution in [2.45, 2.75) is 74.1 Å². The number of hydrogen-bond donors (Lipinski definition) is 0. The standard InChI is InChI=1S/C44H44N4O.Pt/c1-9-32-19-20-45-42(22-32)47-39-16-11-10-15-37(39)38-18-17-35(26-40(38)47)49-36-24-33(28(4)5)23-34(25-36)48-41(21-27(2)3)44(31(8)46-48)43-29(6)13-12-14-30(43)7;/h10-20,22-24,27-28H,9,21H2,1-8H3;/q-2;+2. The van der Waals surface area contributed by atoms with E-state index in [1.807, 2.05) is 12.3 Å². The fourth-order valence-electron chi connectivity index (χ4n) is 7.03. The van der Waals surface area contributed by atoms with E-state index in [2.05, 4.69) is 150 Å². The van der Waals surface area contributed by atoms with Gasteiger partial charge in [0.15, 0.2) is 0 Å². The molecular formula is C44H44N4OPt. The van der Waals surface area contributed by atoms with Crippen LogP contribution >= 0.6 is 0 Å².